The summed E-state index contributed by atoms with van der Waals surface area (Å²) in [5, 5.41) is 0. The first-order chi connectivity index (χ1) is 10.3. The molecule has 21 heavy (non-hydrogen) atoms. The van der Waals surface area contributed by atoms with E-state index in [2.05, 4.69) is 22.1 Å². The van der Waals surface area contributed by atoms with Crippen LogP contribution in [0.2, 0.25) is 0 Å². The Bertz CT molecular complexity index is 652. The minimum absolute atomic E-state index is 0.0137. The lowest BCUT2D eigenvalue weighted by Crippen LogP contribution is -2.25. The second kappa shape index (κ2) is 5.87. The Morgan fingerprint density at radius 2 is 1.95 bits per heavy atom. The third-order valence-corrected chi connectivity index (χ3v) is 3.76. The second-order valence-corrected chi connectivity index (χ2v) is 5.13. The molecular weight excluding hydrogens is 262 g/mol. The highest BCUT2D eigenvalue weighted by atomic mass is 16.2. The molecule has 4 heteroatoms. The number of pyridine rings is 1. The molecule has 1 unspecified atom stereocenters. The fourth-order valence-electron chi connectivity index (χ4n) is 2.57. The van der Waals surface area contributed by atoms with Crippen LogP contribution < -0.4 is 0 Å². The van der Waals surface area contributed by atoms with Crippen molar-refractivity contribution < 1.29 is 4.79 Å². The number of hydrogen-bond donors (Lipinski definition) is 0. The molecule has 4 nitrogen and oxygen atoms in total. The molecule has 0 aliphatic carbocycles. The maximum atomic E-state index is 12.3. The van der Waals surface area contributed by atoms with Gasteiger partial charge in [0.05, 0.1) is 18.3 Å². The Kier molecular flexibility index (Phi) is 3.77. The molecule has 1 aromatic heterocycles. The van der Waals surface area contributed by atoms with Gasteiger partial charge in [0.2, 0.25) is 0 Å². The van der Waals surface area contributed by atoms with Gasteiger partial charge in [-0.05, 0) is 17.7 Å². The lowest BCUT2D eigenvalue weighted by molar-refractivity contribution is -0.122. The average molecular weight is 279 g/mol. The number of benzene rings is 1. The van der Waals surface area contributed by atoms with Crippen LogP contribution in [0.15, 0.2) is 59.7 Å². The van der Waals surface area contributed by atoms with Gasteiger partial charge in [0.1, 0.15) is 5.71 Å². The van der Waals surface area contributed by atoms with Crippen molar-refractivity contribution >= 4 is 11.6 Å². The van der Waals surface area contributed by atoms with Gasteiger partial charge in [-0.25, -0.2) is 0 Å². The maximum Gasteiger partial charge on any atom is 0.268 e. The first-order valence-electron chi connectivity index (χ1n) is 7.01. The van der Waals surface area contributed by atoms with Crippen LogP contribution in [0, 0.1) is 0 Å². The SMILES string of the molecule is CN1C(=O)C(=NCc2ccccn2)CC1c1ccccc1. The molecule has 1 atom stereocenters. The van der Waals surface area contributed by atoms with Crippen molar-refractivity contribution in [2.45, 2.75) is 19.0 Å². The van der Waals surface area contributed by atoms with Crippen molar-refractivity contribution in [2.75, 3.05) is 7.05 Å². The first kappa shape index (κ1) is 13.5. The Labute approximate surface area is 124 Å². The summed E-state index contributed by atoms with van der Waals surface area (Å²) in [4.78, 5) is 22.7. The highest BCUT2D eigenvalue weighted by Gasteiger charge is 2.34. The largest absolute Gasteiger partial charge is 0.333 e. The van der Waals surface area contributed by atoms with E-state index in [0.717, 1.165) is 11.3 Å². The third kappa shape index (κ3) is 2.84. The highest BCUT2D eigenvalue weighted by Crippen LogP contribution is 2.29. The standard InChI is InChI=1S/C17H17N3O/c1-20-16(13-7-3-2-4-8-13)11-15(17(20)21)19-12-14-9-5-6-10-18-14/h2-10,16H,11-12H2,1H3. The van der Waals surface area contributed by atoms with E-state index < -0.39 is 0 Å². The van der Waals surface area contributed by atoms with Crippen molar-refractivity contribution in [2.24, 2.45) is 4.99 Å². The Hall–Kier alpha value is -2.49. The molecule has 2 heterocycles. The van der Waals surface area contributed by atoms with E-state index in [9.17, 15) is 4.79 Å². The van der Waals surface area contributed by atoms with Crippen LogP contribution in [-0.2, 0) is 11.3 Å². The van der Waals surface area contributed by atoms with Crippen molar-refractivity contribution in [3.63, 3.8) is 0 Å². The third-order valence-electron chi connectivity index (χ3n) is 3.76. The lowest BCUT2D eigenvalue weighted by atomic mass is 10.0. The summed E-state index contributed by atoms with van der Waals surface area (Å²) in [5.41, 5.74) is 2.66. The number of hydrogen-bond acceptors (Lipinski definition) is 3. The predicted molar refractivity (Wildman–Crippen MR) is 81.9 cm³/mol. The molecule has 0 N–H and O–H groups in total. The average Bonchev–Trinajstić information content (AvgIpc) is 2.83. The molecule has 1 fully saturated rings. The van der Waals surface area contributed by atoms with Crippen molar-refractivity contribution in [3.05, 3.63) is 66.0 Å². The summed E-state index contributed by atoms with van der Waals surface area (Å²) in [7, 11) is 1.84. The maximum absolute atomic E-state index is 12.3. The second-order valence-electron chi connectivity index (χ2n) is 5.13. The number of rotatable bonds is 3. The van der Waals surface area contributed by atoms with Gasteiger partial charge in [-0.1, -0.05) is 36.4 Å². The summed E-state index contributed by atoms with van der Waals surface area (Å²) in [5.74, 6) is 0.0137. The molecule has 0 radical (unpaired) electrons. The number of likely N-dealkylation sites (tertiary alicyclic amines) is 1. The molecular formula is C17H17N3O. The highest BCUT2D eigenvalue weighted by molar-refractivity contribution is 6.40. The summed E-state index contributed by atoms with van der Waals surface area (Å²) in [6, 6.07) is 15.9. The van der Waals surface area contributed by atoms with Crippen molar-refractivity contribution in [3.8, 4) is 0 Å². The zero-order valence-electron chi connectivity index (χ0n) is 11.9. The monoisotopic (exact) mass is 279 g/mol. The molecule has 1 saturated heterocycles. The fraction of sp³-hybridized carbons (Fsp3) is 0.235. The van der Waals surface area contributed by atoms with Gasteiger partial charge in [0.25, 0.3) is 5.91 Å². The fourth-order valence-corrected chi connectivity index (χ4v) is 2.57. The molecule has 1 aliphatic heterocycles. The van der Waals surface area contributed by atoms with Crippen LogP contribution in [0.1, 0.15) is 23.7 Å². The number of carbonyl (C=O) groups is 1. The zero-order valence-corrected chi connectivity index (χ0v) is 11.9. The topological polar surface area (TPSA) is 45.6 Å². The van der Waals surface area contributed by atoms with Gasteiger partial charge in [-0.2, -0.15) is 0 Å². The summed E-state index contributed by atoms with van der Waals surface area (Å²) in [6.07, 6.45) is 2.40. The molecule has 1 aliphatic rings. The number of aromatic nitrogens is 1. The van der Waals surface area contributed by atoms with E-state index in [0.29, 0.717) is 18.7 Å². The summed E-state index contributed by atoms with van der Waals surface area (Å²) >= 11 is 0. The molecule has 3 rings (SSSR count). The Balaban J connectivity index is 1.78. The van der Waals surface area contributed by atoms with Gasteiger partial charge >= 0.3 is 0 Å². The van der Waals surface area contributed by atoms with Crippen molar-refractivity contribution in [1.29, 1.82) is 0 Å². The number of nitrogens with zero attached hydrogens (tertiary/aromatic N) is 3. The normalized spacial score (nSPS) is 20.2. The minimum Gasteiger partial charge on any atom is -0.333 e. The molecule has 1 aromatic carbocycles. The van der Waals surface area contributed by atoms with E-state index in [4.69, 9.17) is 0 Å². The van der Waals surface area contributed by atoms with Crippen LogP contribution >= 0.6 is 0 Å². The molecule has 1 amide bonds. The van der Waals surface area contributed by atoms with E-state index in [1.807, 2.05) is 43.4 Å². The smallest absolute Gasteiger partial charge is 0.268 e. The van der Waals surface area contributed by atoms with Crippen LogP contribution in [0.3, 0.4) is 0 Å². The van der Waals surface area contributed by atoms with E-state index in [1.165, 1.54) is 0 Å². The van der Waals surface area contributed by atoms with Crippen LogP contribution in [0.4, 0.5) is 0 Å². The van der Waals surface area contributed by atoms with E-state index in [1.54, 1.807) is 11.1 Å². The summed E-state index contributed by atoms with van der Waals surface area (Å²) < 4.78 is 0. The number of carbonyl (C=O) groups excluding carboxylic acids is 1. The molecule has 0 bridgehead atoms. The van der Waals surface area contributed by atoms with E-state index in [-0.39, 0.29) is 11.9 Å². The number of aliphatic imine (C=N–C) groups is 1. The van der Waals surface area contributed by atoms with Gasteiger partial charge in [0.15, 0.2) is 0 Å². The van der Waals surface area contributed by atoms with Crippen LogP contribution in [-0.4, -0.2) is 28.6 Å². The molecule has 106 valence electrons. The lowest BCUT2D eigenvalue weighted by Gasteiger charge is -2.18. The molecule has 0 spiro atoms. The molecule has 2 aromatic rings. The van der Waals surface area contributed by atoms with Gasteiger partial charge in [-0.15, -0.1) is 0 Å². The Morgan fingerprint density at radius 1 is 1.19 bits per heavy atom. The van der Waals surface area contributed by atoms with Gasteiger partial charge < -0.3 is 4.90 Å². The summed E-state index contributed by atoms with van der Waals surface area (Å²) in [6.45, 7) is 0.456. The minimum atomic E-state index is 0.0137. The van der Waals surface area contributed by atoms with Gasteiger partial charge in [-0.3, -0.25) is 14.8 Å². The molecule has 0 saturated carbocycles. The first-order valence-corrected chi connectivity index (χ1v) is 7.01. The Morgan fingerprint density at radius 3 is 2.67 bits per heavy atom. The van der Waals surface area contributed by atoms with E-state index >= 15 is 0 Å². The van der Waals surface area contributed by atoms with Crippen LogP contribution in [0.5, 0.6) is 0 Å². The predicted octanol–water partition coefficient (Wildman–Crippen LogP) is 2.63. The zero-order chi connectivity index (χ0) is 14.7. The van der Waals surface area contributed by atoms with Crippen LogP contribution in [0.25, 0.3) is 0 Å². The van der Waals surface area contributed by atoms with Gasteiger partial charge in [0, 0.05) is 19.7 Å². The van der Waals surface area contributed by atoms with Crippen molar-refractivity contribution in [1.82, 2.24) is 9.88 Å². The number of amides is 1. The quantitative estimate of drug-likeness (QED) is 0.867.